The van der Waals surface area contributed by atoms with Gasteiger partial charge in [-0.15, -0.1) is 0 Å². The third-order valence-corrected chi connectivity index (χ3v) is 4.16. The number of benzene rings is 1. The molecule has 0 aliphatic heterocycles. The molecular weight excluding hydrogens is 306 g/mol. The van der Waals surface area contributed by atoms with Gasteiger partial charge in [0.25, 0.3) is 5.91 Å². The normalized spacial score (nSPS) is 15.3. The Kier molecular flexibility index (Phi) is 7.00. The van der Waals surface area contributed by atoms with Crippen molar-refractivity contribution in [2.45, 2.75) is 51.7 Å². The van der Waals surface area contributed by atoms with Crippen LogP contribution in [0.3, 0.4) is 0 Å². The van der Waals surface area contributed by atoms with Crippen LogP contribution in [0.5, 0.6) is 0 Å². The molecule has 2 rings (SSSR count). The van der Waals surface area contributed by atoms with Gasteiger partial charge in [-0.1, -0.05) is 23.8 Å². The molecule has 24 heavy (non-hydrogen) atoms. The lowest BCUT2D eigenvalue weighted by Gasteiger charge is -2.15. The van der Waals surface area contributed by atoms with Crippen LogP contribution in [-0.2, 0) is 16.1 Å². The average molecular weight is 331 g/mol. The number of carbonyl (C=O) groups is 2. The van der Waals surface area contributed by atoms with E-state index in [0.29, 0.717) is 17.7 Å². The van der Waals surface area contributed by atoms with E-state index in [1.165, 1.54) is 18.4 Å². The van der Waals surface area contributed by atoms with Crippen molar-refractivity contribution in [2.75, 3.05) is 6.54 Å². The number of carbonyl (C=O) groups excluding carboxylic acids is 2. The molecule has 0 unspecified atom stereocenters. The zero-order chi connectivity index (χ0) is 17.4. The Labute approximate surface area is 142 Å². The minimum atomic E-state index is -0.838. The molecule has 0 saturated heterocycles. The second-order valence-electron chi connectivity index (χ2n) is 6.05. The second kappa shape index (κ2) is 9.23. The number of aliphatic hydroxyl groups is 1. The van der Waals surface area contributed by atoms with Crippen LogP contribution in [-0.4, -0.2) is 29.6 Å². The quantitative estimate of drug-likeness (QED) is 0.595. The first-order valence-electron chi connectivity index (χ1n) is 8.46. The van der Waals surface area contributed by atoms with Crippen molar-refractivity contribution in [1.29, 1.82) is 0 Å². The fourth-order valence-corrected chi connectivity index (χ4v) is 2.65. The van der Waals surface area contributed by atoms with Crippen LogP contribution in [0, 0.1) is 0 Å². The van der Waals surface area contributed by atoms with Gasteiger partial charge >= 0.3 is 5.97 Å². The maximum absolute atomic E-state index is 12.0. The van der Waals surface area contributed by atoms with Crippen molar-refractivity contribution < 1.29 is 19.4 Å². The third kappa shape index (κ3) is 5.49. The van der Waals surface area contributed by atoms with Crippen molar-refractivity contribution in [3.63, 3.8) is 0 Å². The number of amides is 1. The highest BCUT2D eigenvalue weighted by Crippen LogP contribution is 2.19. The van der Waals surface area contributed by atoms with Gasteiger partial charge in [-0.05, 0) is 56.7 Å². The molecule has 1 aliphatic rings. The van der Waals surface area contributed by atoms with E-state index in [1.807, 2.05) is 0 Å². The predicted octanol–water partition coefficient (Wildman–Crippen LogP) is 2.73. The van der Waals surface area contributed by atoms with Crippen LogP contribution in [0.2, 0.25) is 0 Å². The second-order valence-corrected chi connectivity index (χ2v) is 6.05. The van der Waals surface area contributed by atoms with E-state index in [9.17, 15) is 9.59 Å². The number of ether oxygens (including phenoxy) is 1. The summed E-state index contributed by atoms with van der Waals surface area (Å²) >= 11 is 0. The molecule has 0 heterocycles. The van der Waals surface area contributed by atoms with Crippen molar-refractivity contribution >= 4 is 11.9 Å². The molecule has 1 amide bonds. The first kappa shape index (κ1) is 18.2. The number of hydrogen-bond donors (Lipinski definition) is 2. The van der Waals surface area contributed by atoms with Gasteiger partial charge in [0.2, 0.25) is 0 Å². The molecule has 0 aromatic heterocycles. The van der Waals surface area contributed by atoms with Crippen LogP contribution in [0.15, 0.2) is 35.9 Å². The number of allylic oxidation sites excluding steroid dienone is 1. The van der Waals surface area contributed by atoms with E-state index >= 15 is 0 Å². The highest BCUT2D eigenvalue weighted by molar-refractivity contribution is 5.92. The van der Waals surface area contributed by atoms with E-state index in [2.05, 4.69) is 11.4 Å². The summed E-state index contributed by atoms with van der Waals surface area (Å²) in [7, 11) is 0. The molecule has 1 aromatic carbocycles. The molecule has 1 atom stereocenters. The van der Waals surface area contributed by atoms with Crippen molar-refractivity contribution in [1.82, 2.24) is 5.32 Å². The number of nitrogens with one attached hydrogen (secondary N) is 1. The van der Waals surface area contributed by atoms with Crippen LogP contribution in [0.25, 0.3) is 0 Å². The summed E-state index contributed by atoms with van der Waals surface area (Å²) in [5, 5.41) is 11.8. The Bertz CT molecular complexity index is 592. The van der Waals surface area contributed by atoms with E-state index in [1.54, 1.807) is 31.2 Å². The fraction of sp³-hybridized carbons (Fsp3) is 0.474. The largest absolute Gasteiger partial charge is 0.449 e. The van der Waals surface area contributed by atoms with Gasteiger partial charge in [0.1, 0.15) is 0 Å². The van der Waals surface area contributed by atoms with E-state index in [0.717, 1.165) is 19.3 Å². The van der Waals surface area contributed by atoms with Crippen molar-refractivity contribution in [3.8, 4) is 0 Å². The van der Waals surface area contributed by atoms with Gasteiger partial charge in [0.05, 0.1) is 12.2 Å². The minimum Gasteiger partial charge on any atom is -0.449 e. The first-order valence-corrected chi connectivity index (χ1v) is 8.46. The SMILES string of the molecule is C[C@H](OC(=O)c1ccc(CO)cc1)C(=O)NCCC1=CCCCC1. The average Bonchev–Trinajstić information content (AvgIpc) is 2.62. The molecular formula is C19H25NO4. The minimum absolute atomic E-state index is 0.0788. The van der Waals surface area contributed by atoms with E-state index < -0.39 is 12.1 Å². The van der Waals surface area contributed by atoms with Crippen molar-refractivity contribution in [3.05, 3.63) is 47.0 Å². The first-order chi connectivity index (χ1) is 11.6. The van der Waals surface area contributed by atoms with Gasteiger partial charge in [0.15, 0.2) is 6.10 Å². The lowest BCUT2D eigenvalue weighted by atomic mass is 9.97. The van der Waals surface area contributed by atoms with Crippen LogP contribution in [0.1, 0.15) is 54.9 Å². The number of rotatable bonds is 7. The molecule has 130 valence electrons. The maximum atomic E-state index is 12.0. The Morgan fingerprint density at radius 3 is 2.62 bits per heavy atom. The summed E-state index contributed by atoms with van der Waals surface area (Å²) in [5.74, 6) is -0.830. The smallest absolute Gasteiger partial charge is 0.338 e. The number of hydrogen-bond acceptors (Lipinski definition) is 4. The molecule has 2 N–H and O–H groups in total. The van der Waals surface area contributed by atoms with Crippen molar-refractivity contribution in [2.24, 2.45) is 0 Å². The summed E-state index contributed by atoms with van der Waals surface area (Å²) in [6.07, 6.45) is 7.00. The van der Waals surface area contributed by atoms with Gasteiger partial charge in [-0.25, -0.2) is 4.79 Å². The van der Waals surface area contributed by atoms with E-state index in [4.69, 9.17) is 9.84 Å². The van der Waals surface area contributed by atoms with Gasteiger partial charge in [-0.2, -0.15) is 0 Å². The summed E-state index contributed by atoms with van der Waals surface area (Å²) in [6.45, 7) is 2.05. The predicted molar refractivity (Wildman–Crippen MR) is 91.4 cm³/mol. The monoisotopic (exact) mass is 331 g/mol. The highest BCUT2D eigenvalue weighted by atomic mass is 16.5. The summed E-state index contributed by atoms with van der Waals surface area (Å²) in [4.78, 5) is 24.0. The zero-order valence-electron chi connectivity index (χ0n) is 14.1. The summed E-state index contributed by atoms with van der Waals surface area (Å²) < 4.78 is 5.19. The summed E-state index contributed by atoms with van der Waals surface area (Å²) in [5.41, 5.74) is 2.48. The molecule has 0 bridgehead atoms. The molecule has 1 aromatic rings. The van der Waals surface area contributed by atoms with Crippen LogP contribution in [0.4, 0.5) is 0 Å². The number of esters is 1. The topological polar surface area (TPSA) is 75.6 Å². The standard InChI is InChI=1S/C19H25NO4/c1-14(18(22)20-12-11-15-5-3-2-4-6-15)24-19(23)17-9-7-16(13-21)8-10-17/h5,7-10,14,21H,2-4,6,11-13H2,1H3,(H,20,22)/t14-/m0/s1. The molecule has 1 aliphatic carbocycles. The van der Waals surface area contributed by atoms with Crippen LogP contribution >= 0.6 is 0 Å². The molecule has 0 spiro atoms. The maximum Gasteiger partial charge on any atom is 0.338 e. The fourth-order valence-electron chi connectivity index (χ4n) is 2.65. The zero-order valence-corrected chi connectivity index (χ0v) is 14.1. The molecule has 0 radical (unpaired) electrons. The third-order valence-electron chi connectivity index (χ3n) is 4.16. The molecule has 0 fully saturated rings. The lowest BCUT2D eigenvalue weighted by molar-refractivity contribution is -0.129. The highest BCUT2D eigenvalue weighted by Gasteiger charge is 2.18. The summed E-state index contributed by atoms with van der Waals surface area (Å²) in [6, 6.07) is 6.46. The Morgan fingerprint density at radius 2 is 2.00 bits per heavy atom. The molecule has 0 saturated carbocycles. The Hall–Kier alpha value is -2.14. The molecule has 5 heteroatoms. The Balaban J connectivity index is 1.75. The van der Waals surface area contributed by atoms with Gasteiger partial charge in [0, 0.05) is 6.54 Å². The van der Waals surface area contributed by atoms with E-state index in [-0.39, 0.29) is 12.5 Å². The molecule has 5 nitrogen and oxygen atoms in total. The van der Waals surface area contributed by atoms with Crippen LogP contribution < -0.4 is 5.32 Å². The van der Waals surface area contributed by atoms with Gasteiger partial charge < -0.3 is 15.2 Å². The Morgan fingerprint density at radius 1 is 1.25 bits per heavy atom. The number of aliphatic hydroxyl groups excluding tert-OH is 1. The lowest BCUT2D eigenvalue weighted by Crippen LogP contribution is -2.36. The van der Waals surface area contributed by atoms with Gasteiger partial charge in [-0.3, -0.25) is 4.79 Å².